The molecule has 8 heteroatoms. The number of benzene rings is 2. The lowest BCUT2D eigenvalue weighted by Crippen LogP contribution is -2.31. The van der Waals surface area contributed by atoms with Crippen molar-refractivity contribution in [2.75, 3.05) is 19.0 Å². The van der Waals surface area contributed by atoms with Crippen molar-refractivity contribution in [2.45, 2.75) is 6.54 Å². The number of nitro groups is 1. The lowest BCUT2D eigenvalue weighted by atomic mass is 10.2. The number of nitrogens with zero attached hydrogens (tertiary/aromatic N) is 3. The quantitative estimate of drug-likeness (QED) is 0.358. The molecule has 0 spiro atoms. The zero-order valence-corrected chi connectivity index (χ0v) is 14.8. The van der Waals surface area contributed by atoms with Gasteiger partial charge in [0.25, 0.3) is 5.69 Å². The van der Waals surface area contributed by atoms with E-state index in [1.807, 2.05) is 30.3 Å². The van der Waals surface area contributed by atoms with Gasteiger partial charge in [0.15, 0.2) is 5.11 Å². The van der Waals surface area contributed by atoms with Gasteiger partial charge in [-0.25, -0.2) is 0 Å². The SMILES string of the molecule is CN(C)c1ccc(/C=N\NC(=S)NCc2ccccc2)cc1[N+](=O)[O-]. The molecule has 130 valence electrons. The molecule has 0 aliphatic rings. The van der Waals surface area contributed by atoms with Crippen molar-refractivity contribution in [1.29, 1.82) is 0 Å². The lowest BCUT2D eigenvalue weighted by Gasteiger charge is -2.12. The summed E-state index contributed by atoms with van der Waals surface area (Å²) in [6.07, 6.45) is 1.49. The van der Waals surface area contributed by atoms with E-state index in [2.05, 4.69) is 15.8 Å². The number of anilines is 1. The van der Waals surface area contributed by atoms with Crippen LogP contribution in [0.2, 0.25) is 0 Å². The van der Waals surface area contributed by atoms with Crippen molar-refractivity contribution in [2.24, 2.45) is 5.10 Å². The average molecular weight is 357 g/mol. The van der Waals surface area contributed by atoms with E-state index in [0.29, 0.717) is 22.9 Å². The second-order valence-electron chi connectivity index (χ2n) is 5.44. The molecule has 0 saturated heterocycles. The van der Waals surface area contributed by atoms with Crippen LogP contribution in [0, 0.1) is 10.1 Å². The molecule has 0 aromatic heterocycles. The van der Waals surface area contributed by atoms with Crippen LogP contribution in [-0.2, 0) is 6.54 Å². The van der Waals surface area contributed by atoms with Crippen LogP contribution in [0.25, 0.3) is 0 Å². The zero-order valence-electron chi connectivity index (χ0n) is 14.0. The van der Waals surface area contributed by atoms with Gasteiger partial charge in [-0.15, -0.1) is 0 Å². The van der Waals surface area contributed by atoms with E-state index in [1.54, 1.807) is 31.1 Å². The molecule has 0 heterocycles. The largest absolute Gasteiger partial charge is 0.372 e. The van der Waals surface area contributed by atoms with Crippen LogP contribution < -0.4 is 15.6 Å². The topological polar surface area (TPSA) is 82.8 Å². The van der Waals surface area contributed by atoms with Gasteiger partial charge < -0.3 is 10.2 Å². The smallest absolute Gasteiger partial charge is 0.293 e. The Kier molecular flexibility index (Phi) is 6.41. The molecule has 0 saturated carbocycles. The maximum absolute atomic E-state index is 11.2. The number of rotatable bonds is 6. The zero-order chi connectivity index (χ0) is 18.2. The van der Waals surface area contributed by atoms with Crippen molar-refractivity contribution in [3.8, 4) is 0 Å². The summed E-state index contributed by atoms with van der Waals surface area (Å²) in [4.78, 5) is 12.5. The van der Waals surface area contributed by atoms with Gasteiger partial charge in [-0.2, -0.15) is 5.10 Å². The summed E-state index contributed by atoms with van der Waals surface area (Å²) in [6, 6.07) is 14.8. The Morgan fingerprint density at radius 1 is 1.28 bits per heavy atom. The fourth-order valence-electron chi connectivity index (χ4n) is 2.13. The Bertz CT molecular complexity index is 778. The molecule has 0 amide bonds. The van der Waals surface area contributed by atoms with Crippen LogP contribution in [0.15, 0.2) is 53.6 Å². The molecule has 0 atom stereocenters. The van der Waals surface area contributed by atoms with E-state index in [0.717, 1.165) is 5.56 Å². The maximum atomic E-state index is 11.2. The normalized spacial score (nSPS) is 10.5. The number of hydrazone groups is 1. The van der Waals surface area contributed by atoms with Crippen LogP contribution in [0.3, 0.4) is 0 Å². The summed E-state index contributed by atoms with van der Waals surface area (Å²) in [5, 5.41) is 18.6. The monoisotopic (exact) mass is 357 g/mol. The van der Waals surface area contributed by atoms with Crippen LogP contribution >= 0.6 is 12.2 Å². The Hall–Kier alpha value is -3.00. The van der Waals surface area contributed by atoms with E-state index in [4.69, 9.17) is 12.2 Å². The first-order valence-electron chi connectivity index (χ1n) is 7.54. The average Bonchev–Trinajstić information content (AvgIpc) is 2.60. The second-order valence-corrected chi connectivity index (χ2v) is 5.85. The van der Waals surface area contributed by atoms with Crippen molar-refractivity contribution >= 4 is 34.9 Å². The summed E-state index contributed by atoms with van der Waals surface area (Å²) >= 11 is 5.14. The first-order valence-corrected chi connectivity index (χ1v) is 7.95. The van der Waals surface area contributed by atoms with E-state index >= 15 is 0 Å². The molecule has 2 N–H and O–H groups in total. The highest BCUT2D eigenvalue weighted by Gasteiger charge is 2.15. The molecule has 2 rings (SSSR count). The highest BCUT2D eigenvalue weighted by atomic mass is 32.1. The third-order valence-corrected chi connectivity index (χ3v) is 3.59. The number of nitro benzene ring substituents is 1. The molecule has 2 aromatic rings. The first-order chi connectivity index (χ1) is 12.0. The van der Waals surface area contributed by atoms with Gasteiger partial charge in [-0.1, -0.05) is 36.4 Å². The predicted octanol–water partition coefficient (Wildman–Crippen LogP) is 2.66. The molecule has 0 fully saturated rings. The maximum Gasteiger partial charge on any atom is 0.293 e. The van der Waals surface area contributed by atoms with E-state index in [1.165, 1.54) is 12.3 Å². The van der Waals surface area contributed by atoms with Gasteiger partial charge in [0.1, 0.15) is 5.69 Å². The van der Waals surface area contributed by atoms with Gasteiger partial charge >= 0.3 is 0 Å². The highest BCUT2D eigenvalue weighted by molar-refractivity contribution is 7.80. The molecule has 0 aliphatic carbocycles. The standard InChI is InChI=1S/C17H19N5O2S/c1-21(2)15-9-8-14(10-16(15)22(23)24)12-19-20-17(25)18-11-13-6-4-3-5-7-13/h3-10,12H,11H2,1-2H3,(H2,18,20,25)/b19-12-. The van der Waals surface area contributed by atoms with E-state index in [9.17, 15) is 10.1 Å². The summed E-state index contributed by atoms with van der Waals surface area (Å²) in [5.74, 6) is 0. The third kappa shape index (κ3) is 5.54. The molecule has 0 unspecified atom stereocenters. The van der Waals surface area contributed by atoms with Crippen LogP contribution in [0.5, 0.6) is 0 Å². The van der Waals surface area contributed by atoms with E-state index < -0.39 is 4.92 Å². The van der Waals surface area contributed by atoms with Crippen LogP contribution in [-0.4, -0.2) is 30.3 Å². The lowest BCUT2D eigenvalue weighted by molar-refractivity contribution is -0.384. The number of hydrogen-bond donors (Lipinski definition) is 2. The Labute approximate surface area is 151 Å². The summed E-state index contributed by atoms with van der Waals surface area (Å²) in [7, 11) is 3.52. The van der Waals surface area contributed by atoms with Crippen molar-refractivity contribution in [1.82, 2.24) is 10.7 Å². The summed E-state index contributed by atoms with van der Waals surface area (Å²) < 4.78 is 0. The van der Waals surface area contributed by atoms with Crippen LogP contribution in [0.4, 0.5) is 11.4 Å². The number of nitrogens with one attached hydrogen (secondary N) is 2. The predicted molar refractivity (Wildman–Crippen MR) is 104 cm³/mol. The molecule has 0 radical (unpaired) electrons. The second kappa shape index (κ2) is 8.74. The van der Waals surface area contributed by atoms with Crippen molar-refractivity contribution in [3.05, 3.63) is 69.8 Å². The fraction of sp³-hybridized carbons (Fsp3) is 0.176. The summed E-state index contributed by atoms with van der Waals surface area (Å²) in [6.45, 7) is 0.588. The molecule has 7 nitrogen and oxygen atoms in total. The van der Waals surface area contributed by atoms with Gasteiger partial charge in [0.05, 0.1) is 11.1 Å². The minimum atomic E-state index is -0.411. The Morgan fingerprint density at radius 3 is 2.64 bits per heavy atom. The third-order valence-electron chi connectivity index (χ3n) is 3.35. The Balaban J connectivity index is 1.94. The fourth-order valence-corrected chi connectivity index (χ4v) is 2.25. The van der Waals surface area contributed by atoms with Gasteiger partial charge in [0.2, 0.25) is 0 Å². The molecule has 0 bridgehead atoms. The molecule has 25 heavy (non-hydrogen) atoms. The van der Waals surface area contributed by atoms with Crippen LogP contribution in [0.1, 0.15) is 11.1 Å². The molecular formula is C17H19N5O2S. The minimum absolute atomic E-state index is 0.0266. The van der Waals surface area contributed by atoms with Gasteiger partial charge in [-0.05, 0) is 23.8 Å². The van der Waals surface area contributed by atoms with E-state index in [-0.39, 0.29) is 5.69 Å². The number of hydrogen-bond acceptors (Lipinski definition) is 5. The van der Waals surface area contributed by atoms with Crippen molar-refractivity contribution in [3.63, 3.8) is 0 Å². The Morgan fingerprint density at radius 2 is 2.00 bits per heavy atom. The van der Waals surface area contributed by atoms with Crippen molar-refractivity contribution < 1.29 is 4.92 Å². The molecule has 2 aromatic carbocycles. The van der Waals surface area contributed by atoms with Gasteiger partial charge in [-0.3, -0.25) is 15.5 Å². The molecular weight excluding hydrogens is 338 g/mol. The highest BCUT2D eigenvalue weighted by Crippen LogP contribution is 2.27. The van der Waals surface area contributed by atoms with Gasteiger partial charge in [0, 0.05) is 32.3 Å². The number of thiocarbonyl (C=S) groups is 1. The first kappa shape index (κ1) is 18.3. The minimum Gasteiger partial charge on any atom is -0.372 e. The molecule has 0 aliphatic heterocycles. The summed E-state index contributed by atoms with van der Waals surface area (Å²) in [5.41, 5.74) is 4.97.